The van der Waals surface area contributed by atoms with E-state index in [2.05, 4.69) is 10.3 Å². The maximum absolute atomic E-state index is 13.1. The second-order valence-electron chi connectivity index (χ2n) is 5.91. The molecule has 1 aliphatic rings. The number of aromatic nitrogens is 2. The van der Waals surface area contributed by atoms with Gasteiger partial charge in [-0.1, -0.05) is 30.0 Å². The topological polar surface area (TPSA) is 75.9 Å². The van der Waals surface area contributed by atoms with E-state index in [-0.39, 0.29) is 11.5 Å². The molecule has 1 N–H and O–H groups in total. The number of nitrogens with zero attached hydrogens (tertiary/aromatic N) is 3. The zero-order valence-electron chi connectivity index (χ0n) is 15.3. The zero-order valence-corrected chi connectivity index (χ0v) is 16.9. The highest BCUT2D eigenvalue weighted by molar-refractivity contribution is 8.26. The second-order valence-corrected chi connectivity index (χ2v) is 7.59. The number of thioether (sulfide) groups is 1. The number of methoxy groups -OCH3 is 1. The lowest BCUT2D eigenvalue weighted by Gasteiger charge is -2.12. The predicted octanol–water partition coefficient (Wildman–Crippen LogP) is 2.28. The van der Waals surface area contributed by atoms with Crippen LogP contribution in [0.5, 0.6) is 0 Å². The first-order chi connectivity index (χ1) is 13.0. The summed E-state index contributed by atoms with van der Waals surface area (Å²) in [4.78, 5) is 32.2. The van der Waals surface area contributed by atoms with Crippen molar-refractivity contribution in [2.24, 2.45) is 0 Å². The highest BCUT2D eigenvalue weighted by Gasteiger charge is 2.31. The number of carbonyl (C=O) groups excluding carboxylic acids is 1. The molecule has 1 fully saturated rings. The average Bonchev–Trinajstić information content (AvgIpc) is 2.92. The van der Waals surface area contributed by atoms with Crippen LogP contribution in [0.1, 0.15) is 18.1 Å². The van der Waals surface area contributed by atoms with Crippen LogP contribution in [-0.4, -0.2) is 51.3 Å². The van der Waals surface area contributed by atoms with Gasteiger partial charge in [0, 0.05) is 26.4 Å². The Morgan fingerprint density at radius 3 is 2.85 bits per heavy atom. The van der Waals surface area contributed by atoms with E-state index in [4.69, 9.17) is 17.0 Å². The van der Waals surface area contributed by atoms with Crippen LogP contribution in [0.2, 0.25) is 0 Å². The molecule has 0 saturated carbocycles. The van der Waals surface area contributed by atoms with Gasteiger partial charge in [0.15, 0.2) is 0 Å². The van der Waals surface area contributed by atoms with E-state index < -0.39 is 0 Å². The van der Waals surface area contributed by atoms with E-state index in [9.17, 15) is 9.59 Å². The summed E-state index contributed by atoms with van der Waals surface area (Å²) in [5.41, 5.74) is 1.53. The number of nitrogens with one attached hydrogen (secondary N) is 1. The normalized spacial score (nSPS) is 16.0. The number of aryl methyl sites for hydroxylation is 1. The molecule has 1 aliphatic heterocycles. The molecule has 27 heavy (non-hydrogen) atoms. The van der Waals surface area contributed by atoms with Crippen molar-refractivity contribution in [1.82, 2.24) is 14.3 Å². The molecule has 0 radical (unpaired) electrons. The number of hydrogen-bond donors (Lipinski definition) is 1. The molecule has 0 aromatic carbocycles. The first kappa shape index (κ1) is 19.5. The van der Waals surface area contributed by atoms with Crippen LogP contribution >= 0.6 is 24.0 Å². The Morgan fingerprint density at radius 2 is 2.19 bits per heavy atom. The molecule has 3 rings (SSSR count). The number of anilines is 1. The molecule has 1 saturated heterocycles. The summed E-state index contributed by atoms with van der Waals surface area (Å²) >= 11 is 6.45. The van der Waals surface area contributed by atoms with Crippen molar-refractivity contribution in [3.05, 3.63) is 44.7 Å². The van der Waals surface area contributed by atoms with E-state index in [1.54, 1.807) is 25.4 Å². The van der Waals surface area contributed by atoms with Crippen molar-refractivity contribution in [3.63, 3.8) is 0 Å². The molecule has 0 spiro atoms. The van der Waals surface area contributed by atoms with Crippen molar-refractivity contribution in [3.8, 4) is 0 Å². The predicted molar refractivity (Wildman–Crippen MR) is 112 cm³/mol. The Morgan fingerprint density at radius 1 is 1.41 bits per heavy atom. The van der Waals surface area contributed by atoms with Crippen LogP contribution < -0.4 is 10.9 Å². The van der Waals surface area contributed by atoms with Gasteiger partial charge in [0.2, 0.25) is 0 Å². The lowest BCUT2D eigenvalue weighted by atomic mass is 10.2. The van der Waals surface area contributed by atoms with Crippen LogP contribution in [0.4, 0.5) is 5.82 Å². The van der Waals surface area contributed by atoms with Gasteiger partial charge in [-0.25, -0.2) is 4.98 Å². The number of ether oxygens (including phenoxy) is 1. The minimum absolute atomic E-state index is 0.191. The monoisotopic (exact) mass is 404 g/mol. The molecule has 0 aliphatic carbocycles. The summed E-state index contributed by atoms with van der Waals surface area (Å²) in [6, 6.07) is 3.69. The first-order valence-electron chi connectivity index (χ1n) is 8.48. The highest BCUT2D eigenvalue weighted by atomic mass is 32.2. The van der Waals surface area contributed by atoms with E-state index in [1.165, 1.54) is 21.1 Å². The van der Waals surface area contributed by atoms with Crippen molar-refractivity contribution in [2.45, 2.75) is 13.8 Å². The van der Waals surface area contributed by atoms with Gasteiger partial charge in [-0.3, -0.25) is 18.9 Å². The molecule has 3 heterocycles. The number of carbonyl (C=O) groups is 1. The molecule has 0 bridgehead atoms. The molecule has 0 atom stereocenters. The lowest BCUT2D eigenvalue weighted by molar-refractivity contribution is -0.121. The Hall–Kier alpha value is -2.23. The highest BCUT2D eigenvalue weighted by Crippen LogP contribution is 2.32. The van der Waals surface area contributed by atoms with Crippen LogP contribution in [0.3, 0.4) is 0 Å². The van der Waals surface area contributed by atoms with Gasteiger partial charge in [0.05, 0.1) is 17.1 Å². The minimum atomic E-state index is -0.245. The summed E-state index contributed by atoms with van der Waals surface area (Å²) in [5, 5.41) is 3.14. The van der Waals surface area contributed by atoms with Gasteiger partial charge in [-0.15, -0.1) is 0 Å². The van der Waals surface area contributed by atoms with E-state index >= 15 is 0 Å². The van der Waals surface area contributed by atoms with E-state index in [0.717, 1.165) is 5.56 Å². The van der Waals surface area contributed by atoms with Crippen LogP contribution in [0, 0.1) is 6.92 Å². The molecule has 7 nitrogen and oxygen atoms in total. The Kier molecular flexibility index (Phi) is 5.93. The molecule has 2 aromatic rings. The van der Waals surface area contributed by atoms with Gasteiger partial charge >= 0.3 is 0 Å². The maximum atomic E-state index is 13.1. The average molecular weight is 405 g/mol. The number of amides is 1. The van der Waals surface area contributed by atoms with Crippen molar-refractivity contribution >= 4 is 51.7 Å². The second kappa shape index (κ2) is 8.20. The molecule has 9 heteroatoms. The summed E-state index contributed by atoms with van der Waals surface area (Å²) in [6.07, 6.45) is 3.25. The molecular formula is C18H20N4O3S2. The minimum Gasteiger partial charge on any atom is -0.383 e. The third-order valence-corrected chi connectivity index (χ3v) is 5.53. The molecular weight excluding hydrogens is 384 g/mol. The number of likely N-dealkylation sites (N-methyl/N-ethyl adjacent to an activating group) is 1. The first-order valence-corrected chi connectivity index (χ1v) is 9.70. The van der Waals surface area contributed by atoms with Crippen molar-refractivity contribution < 1.29 is 9.53 Å². The smallest absolute Gasteiger partial charge is 0.267 e. The third-order valence-electron chi connectivity index (χ3n) is 4.15. The quantitative estimate of drug-likeness (QED) is 0.450. The van der Waals surface area contributed by atoms with Gasteiger partial charge < -0.3 is 10.1 Å². The maximum Gasteiger partial charge on any atom is 0.267 e. The Bertz CT molecular complexity index is 1000. The molecule has 142 valence electrons. The third kappa shape index (κ3) is 3.76. The van der Waals surface area contributed by atoms with Crippen molar-refractivity contribution in [2.75, 3.05) is 32.1 Å². The summed E-state index contributed by atoms with van der Waals surface area (Å²) < 4.78 is 7.05. The standard InChI is InChI=1S/C18H20N4O3S2/c1-4-21-17(24)13(27-18(21)26)10-12-14(19-7-9-25-3)20-15-11(2)6-5-8-22(15)16(12)23/h5-6,8,10,19H,4,7,9H2,1-3H3/b13-10-. The van der Waals surface area contributed by atoms with Crippen molar-refractivity contribution in [1.29, 1.82) is 0 Å². The molecule has 1 amide bonds. The number of rotatable bonds is 6. The molecule has 0 unspecified atom stereocenters. The van der Waals surface area contributed by atoms with Crippen LogP contribution in [0.25, 0.3) is 11.7 Å². The summed E-state index contributed by atoms with van der Waals surface area (Å²) in [7, 11) is 1.60. The van der Waals surface area contributed by atoms with Crippen LogP contribution in [-0.2, 0) is 9.53 Å². The fourth-order valence-electron chi connectivity index (χ4n) is 2.75. The van der Waals surface area contributed by atoms with Crippen LogP contribution in [0.15, 0.2) is 28.0 Å². The van der Waals surface area contributed by atoms with Gasteiger partial charge in [-0.2, -0.15) is 0 Å². The SMILES string of the molecule is CCN1C(=O)/C(=C/c2c(NCCOC)nc3c(C)cccn3c2=O)SC1=S. The molecule has 2 aromatic heterocycles. The Balaban J connectivity index is 2.15. The van der Waals surface area contributed by atoms with E-state index in [1.807, 2.05) is 19.9 Å². The van der Waals surface area contributed by atoms with Gasteiger partial charge in [0.1, 0.15) is 15.8 Å². The number of pyridine rings is 1. The summed E-state index contributed by atoms with van der Waals surface area (Å²) in [5.74, 6) is 0.234. The van der Waals surface area contributed by atoms with Gasteiger partial charge in [0.25, 0.3) is 11.5 Å². The largest absolute Gasteiger partial charge is 0.383 e. The Labute approximate surface area is 166 Å². The number of fused-ring (bicyclic) bond motifs is 1. The fraction of sp³-hybridized carbons (Fsp3) is 0.333. The fourth-order valence-corrected chi connectivity index (χ4v) is 4.12. The number of hydrogen-bond acceptors (Lipinski definition) is 7. The lowest BCUT2D eigenvalue weighted by Crippen LogP contribution is -2.27. The number of thiocarbonyl (C=S) groups is 1. The van der Waals surface area contributed by atoms with E-state index in [0.29, 0.717) is 46.0 Å². The van der Waals surface area contributed by atoms with Gasteiger partial charge in [-0.05, 0) is 31.6 Å². The zero-order chi connectivity index (χ0) is 19.6. The summed E-state index contributed by atoms with van der Waals surface area (Å²) in [6.45, 7) is 5.20.